The second-order valence-corrected chi connectivity index (χ2v) is 6.54. The third-order valence-electron chi connectivity index (χ3n) is 4.12. The Morgan fingerprint density at radius 1 is 1.19 bits per heavy atom. The number of fused-ring (bicyclic) bond motifs is 1. The van der Waals surface area contributed by atoms with Crippen LogP contribution in [-0.2, 0) is 6.54 Å². The number of rotatable bonds is 5. The molecule has 0 aliphatic carbocycles. The van der Waals surface area contributed by atoms with Crippen molar-refractivity contribution >= 4 is 33.9 Å². The Balaban J connectivity index is 1.85. The van der Waals surface area contributed by atoms with Crippen molar-refractivity contribution in [3.05, 3.63) is 76.1 Å². The number of aliphatic hydroxyl groups is 1. The fourth-order valence-corrected chi connectivity index (χ4v) is 3.07. The van der Waals surface area contributed by atoms with E-state index in [4.69, 9.17) is 12.2 Å². The Kier molecular flexibility index (Phi) is 5.65. The van der Waals surface area contributed by atoms with Gasteiger partial charge in [-0.15, -0.1) is 0 Å². The number of aromatic nitrogens is 1. The number of nitrogens with zero attached hydrogens (tertiary/aromatic N) is 1. The molecular weight excluding hydrogens is 346 g/mol. The number of aliphatic hydroxyl groups excluding tert-OH is 1. The number of para-hydroxylation sites is 1. The predicted octanol–water partition coefficient (Wildman–Crippen LogP) is 3.03. The molecule has 0 spiro atoms. The van der Waals surface area contributed by atoms with Gasteiger partial charge < -0.3 is 20.3 Å². The highest BCUT2D eigenvalue weighted by molar-refractivity contribution is 7.80. The lowest BCUT2D eigenvalue weighted by Gasteiger charge is -2.25. The number of nitrogens with one attached hydrogen (secondary N) is 2. The van der Waals surface area contributed by atoms with Gasteiger partial charge in [0, 0.05) is 23.3 Å². The molecule has 0 aliphatic rings. The van der Waals surface area contributed by atoms with Crippen LogP contribution in [0.25, 0.3) is 10.9 Å². The van der Waals surface area contributed by atoms with E-state index in [1.807, 2.05) is 61.5 Å². The predicted molar refractivity (Wildman–Crippen MR) is 109 cm³/mol. The standard InChI is InChI=1S/C20H21N3O2S/c1-14-7-8-18-15(11-14)12-16(19(25)22-18)13-23(9-10-24)20(26)21-17-5-3-2-4-6-17/h2-8,11-12,24H,9-10,13H2,1H3,(H,21,26)(H,22,25). The number of hydrogen-bond acceptors (Lipinski definition) is 3. The molecule has 0 atom stereocenters. The van der Waals surface area contributed by atoms with Crippen LogP contribution in [0.1, 0.15) is 11.1 Å². The van der Waals surface area contributed by atoms with Gasteiger partial charge in [-0.05, 0) is 54.9 Å². The third-order valence-corrected chi connectivity index (χ3v) is 4.48. The van der Waals surface area contributed by atoms with Gasteiger partial charge in [-0.25, -0.2) is 0 Å². The van der Waals surface area contributed by atoms with Crippen LogP contribution >= 0.6 is 12.2 Å². The van der Waals surface area contributed by atoms with Crippen LogP contribution in [-0.4, -0.2) is 33.3 Å². The maximum Gasteiger partial charge on any atom is 0.253 e. The monoisotopic (exact) mass is 367 g/mol. The summed E-state index contributed by atoms with van der Waals surface area (Å²) in [5, 5.41) is 14.0. The molecule has 1 heterocycles. The lowest BCUT2D eigenvalue weighted by atomic mass is 10.1. The second kappa shape index (κ2) is 8.12. The van der Waals surface area contributed by atoms with Gasteiger partial charge in [-0.3, -0.25) is 4.79 Å². The van der Waals surface area contributed by atoms with E-state index in [1.54, 1.807) is 4.90 Å². The number of pyridine rings is 1. The highest BCUT2D eigenvalue weighted by atomic mass is 32.1. The van der Waals surface area contributed by atoms with Crippen LogP contribution < -0.4 is 10.9 Å². The zero-order valence-electron chi connectivity index (χ0n) is 14.5. The zero-order valence-corrected chi connectivity index (χ0v) is 15.3. The van der Waals surface area contributed by atoms with Gasteiger partial charge in [0.15, 0.2) is 5.11 Å². The number of anilines is 1. The maximum atomic E-state index is 12.4. The molecule has 3 aromatic rings. The first-order chi connectivity index (χ1) is 12.6. The lowest BCUT2D eigenvalue weighted by Crippen LogP contribution is -2.37. The van der Waals surface area contributed by atoms with Crippen LogP contribution in [0.15, 0.2) is 59.4 Å². The van der Waals surface area contributed by atoms with Crippen LogP contribution in [0.4, 0.5) is 5.69 Å². The number of hydrogen-bond donors (Lipinski definition) is 3. The van der Waals surface area contributed by atoms with E-state index in [2.05, 4.69) is 10.3 Å². The highest BCUT2D eigenvalue weighted by Crippen LogP contribution is 2.15. The fourth-order valence-electron chi connectivity index (χ4n) is 2.79. The minimum absolute atomic E-state index is 0.0544. The average Bonchev–Trinajstić information content (AvgIpc) is 2.63. The zero-order chi connectivity index (χ0) is 18.5. The molecule has 3 N–H and O–H groups in total. The van der Waals surface area contributed by atoms with E-state index >= 15 is 0 Å². The Hall–Kier alpha value is -2.70. The molecule has 2 aromatic carbocycles. The van der Waals surface area contributed by atoms with Crippen molar-refractivity contribution in [1.29, 1.82) is 0 Å². The summed E-state index contributed by atoms with van der Waals surface area (Å²) in [6.45, 7) is 2.62. The quantitative estimate of drug-likeness (QED) is 0.605. The third kappa shape index (κ3) is 4.28. The molecule has 0 aliphatic heterocycles. The first kappa shape index (κ1) is 18.1. The van der Waals surface area contributed by atoms with Gasteiger partial charge in [0.2, 0.25) is 0 Å². The summed E-state index contributed by atoms with van der Waals surface area (Å²) in [6, 6.07) is 17.4. The number of benzene rings is 2. The van der Waals surface area contributed by atoms with Crippen molar-refractivity contribution in [1.82, 2.24) is 9.88 Å². The second-order valence-electron chi connectivity index (χ2n) is 6.16. The molecule has 3 rings (SSSR count). The van der Waals surface area contributed by atoms with E-state index in [9.17, 15) is 9.90 Å². The summed E-state index contributed by atoms with van der Waals surface area (Å²) in [6.07, 6.45) is 0. The first-order valence-corrected chi connectivity index (χ1v) is 8.82. The van der Waals surface area contributed by atoms with Crippen molar-refractivity contribution in [3.8, 4) is 0 Å². The molecule has 134 valence electrons. The topological polar surface area (TPSA) is 68.4 Å². The number of H-pyrrole nitrogens is 1. The minimum Gasteiger partial charge on any atom is -0.395 e. The SMILES string of the molecule is Cc1ccc2[nH]c(=O)c(CN(CCO)C(=S)Nc3ccccc3)cc2c1. The average molecular weight is 367 g/mol. The summed E-state index contributed by atoms with van der Waals surface area (Å²) in [7, 11) is 0. The molecule has 0 fully saturated rings. The van der Waals surface area contributed by atoms with Crippen molar-refractivity contribution in [3.63, 3.8) is 0 Å². The van der Waals surface area contributed by atoms with E-state index in [1.165, 1.54) is 0 Å². The molecule has 0 saturated carbocycles. The first-order valence-electron chi connectivity index (χ1n) is 8.41. The van der Waals surface area contributed by atoms with E-state index in [0.29, 0.717) is 23.8 Å². The maximum absolute atomic E-state index is 12.4. The molecular formula is C20H21N3O2S. The largest absolute Gasteiger partial charge is 0.395 e. The van der Waals surface area contributed by atoms with Crippen LogP contribution in [0.5, 0.6) is 0 Å². The van der Waals surface area contributed by atoms with Crippen molar-refractivity contribution in [2.24, 2.45) is 0 Å². The number of aromatic amines is 1. The molecule has 6 heteroatoms. The van der Waals surface area contributed by atoms with Gasteiger partial charge in [0.05, 0.1) is 13.2 Å². The Bertz CT molecular complexity index is 970. The summed E-state index contributed by atoms with van der Waals surface area (Å²) in [4.78, 5) is 17.1. The van der Waals surface area contributed by atoms with Crippen LogP contribution in [0.2, 0.25) is 0 Å². The molecule has 0 bridgehead atoms. The summed E-state index contributed by atoms with van der Waals surface area (Å²) >= 11 is 5.47. The number of thiocarbonyl (C=S) groups is 1. The molecule has 0 amide bonds. The highest BCUT2D eigenvalue weighted by Gasteiger charge is 2.13. The normalized spacial score (nSPS) is 10.7. The van der Waals surface area contributed by atoms with Crippen molar-refractivity contribution in [2.75, 3.05) is 18.5 Å². The Labute approximate surface area is 157 Å². The van der Waals surface area contributed by atoms with Gasteiger partial charge in [0.1, 0.15) is 0 Å². The van der Waals surface area contributed by atoms with Crippen molar-refractivity contribution in [2.45, 2.75) is 13.5 Å². The molecule has 0 saturated heterocycles. The van der Waals surface area contributed by atoms with E-state index < -0.39 is 0 Å². The van der Waals surface area contributed by atoms with E-state index in [-0.39, 0.29) is 12.2 Å². The summed E-state index contributed by atoms with van der Waals surface area (Å²) in [5.74, 6) is 0. The minimum atomic E-state index is -0.146. The molecule has 1 aromatic heterocycles. The fraction of sp³-hybridized carbons (Fsp3) is 0.200. The van der Waals surface area contributed by atoms with Crippen LogP contribution in [0.3, 0.4) is 0 Å². The molecule has 26 heavy (non-hydrogen) atoms. The molecule has 0 radical (unpaired) electrons. The van der Waals surface area contributed by atoms with E-state index in [0.717, 1.165) is 22.2 Å². The Morgan fingerprint density at radius 3 is 2.69 bits per heavy atom. The number of aryl methyl sites for hydroxylation is 1. The van der Waals surface area contributed by atoms with Gasteiger partial charge in [0.25, 0.3) is 5.56 Å². The smallest absolute Gasteiger partial charge is 0.253 e. The lowest BCUT2D eigenvalue weighted by molar-refractivity contribution is 0.248. The van der Waals surface area contributed by atoms with Gasteiger partial charge >= 0.3 is 0 Å². The van der Waals surface area contributed by atoms with Crippen molar-refractivity contribution < 1.29 is 5.11 Å². The van der Waals surface area contributed by atoms with Crippen LogP contribution in [0, 0.1) is 6.92 Å². The van der Waals surface area contributed by atoms with Gasteiger partial charge in [-0.2, -0.15) is 0 Å². The summed E-state index contributed by atoms with van der Waals surface area (Å²) in [5.41, 5.74) is 3.26. The molecule has 5 nitrogen and oxygen atoms in total. The van der Waals surface area contributed by atoms with Gasteiger partial charge in [-0.1, -0.05) is 29.8 Å². The Morgan fingerprint density at radius 2 is 1.96 bits per heavy atom. The summed E-state index contributed by atoms with van der Waals surface area (Å²) < 4.78 is 0. The molecule has 0 unspecified atom stereocenters.